The second-order valence-corrected chi connectivity index (χ2v) is 5.77. The van der Waals surface area contributed by atoms with Gasteiger partial charge in [0.2, 0.25) is 10.0 Å². The van der Waals surface area contributed by atoms with Crippen molar-refractivity contribution in [3.05, 3.63) is 0 Å². The molecule has 0 aliphatic rings. The summed E-state index contributed by atoms with van der Waals surface area (Å²) in [6.07, 6.45) is 0.913. The maximum Gasteiger partial charge on any atom is 0.212 e. The summed E-state index contributed by atoms with van der Waals surface area (Å²) < 4.78 is 25.0. The van der Waals surface area contributed by atoms with Crippen LogP contribution in [0, 0.1) is 5.92 Å². The standard InChI is InChI=1S/C9H19NO3S/c1-8(2)4-6-10-14(12,13)7-5-9(3)11/h8,10H,4-7H2,1-3H3. The van der Waals surface area contributed by atoms with Gasteiger partial charge < -0.3 is 0 Å². The van der Waals surface area contributed by atoms with Gasteiger partial charge in [0.1, 0.15) is 5.78 Å². The lowest BCUT2D eigenvalue weighted by molar-refractivity contribution is -0.116. The van der Waals surface area contributed by atoms with Gasteiger partial charge in [-0.25, -0.2) is 13.1 Å². The molecule has 14 heavy (non-hydrogen) atoms. The van der Waals surface area contributed by atoms with Gasteiger partial charge in [0, 0.05) is 13.0 Å². The number of rotatable bonds is 7. The quantitative estimate of drug-likeness (QED) is 0.695. The zero-order chi connectivity index (χ0) is 11.2. The number of carbonyl (C=O) groups excluding carboxylic acids is 1. The van der Waals surface area contributed by atoms with Crippen LogP contribution in [0.3, 0.4) is 0 Å². The molecular weight excluding hydrogens is 202 g/mol. The Kier molecular flexibility index (Phi) is 5.95. The largest absolute Gasteiger partial charge is 0.300 e. The van der Waals surface area contributed by atoms with Crippen molar-refractivity contribution in [2.75, 3.05) is 12.3 Å². The van der Waals surface area contributed by atoms with Crippen LogP contribution < -0.4 is 4.72 Å². The van der Waals surface area contributed by atoms with E-state index in [0.29, 0.717) is 12.5 Å². The molecule has 0 spiro atoms. The third kappa shape index (κ3) is 8.19. The summed E-state index contributed by atoms with van der Waals surface area (Å²) in [4.78, 5) is 10.6. The first-order valence-electron chi connectivity index (χ1n) is 4.80. The summed E-state index contributed by atoms with van der Waals surface area (Å²) in [6, 6.07) is 0. The molecule has 0 aliphatic heterocycles. The fraction of sp³-hybridized carbons (Fsp3) is 0.889. The third-order valence-electron chi connectivity index (χ3n) is 1.77. The van der Waals surface area contributed by atoms with Crippen LogP contribution >= 0.6 is 0 Å². The summed E-state index contributed by atoms with van der Waals surface area (Å²) in [5.41, 5.74) is 0. The van der Waals surface area contributed by atoms with Crippen molar-refractivity contribution < 1.29 is 13.2 Å². The van der Waals surface area contributed by atoms with Crippen LogP contribution in [-0.4, -0.2) is 26.5 Å². The van der Waals surface area contributed by atoms with Crippen LogP contribution in [0.25, 0.3) is 0 Å². The number of hydrogen-bond donors (Lipinski definition) is 1. The van der Waals surface area contributed by atoms with E-state index < -0.39 is 10.0 Å². The number of hydrogen-bond acceptors (Lipinski definition) is 3. The Morgan fingerprint density at radius 2 is 1.93 bits per heavy atom. The lowest BCUT2D eigenvalue weighted by atomic mass is 10.1. The van der Waals surface area contributed by atoms with Gasteiger partial charge in [-0.2, -0.15) is 0 Å². The maximum atomic E-state index is 11.3. The van der Waals surface area contributed by atoms with E-state index in [0.717, 1.165) is 6.42 Å². The molecule has 0 atom stereocenters. The minimum Gasteiger partial charge on any atom is -0.300 e. The second kappa shape index (κ2) is 6.14. The molecule has 0 saturated carbocycles. The molecule has 0 aromatic heterocycles. The van der Waals surface area contributed by atoms with Crippen LogP contribution in [0.5, 0.6) is 0 Å². The van der Waals surface area contributed by atoms with Crippen molar-refractivity contribution in [1.82, 2.24) is 4.72 Å². The van der Waals surface area contributed by atoms with Crippen molar-refractivity contribution in [2.45, 2.75) is 33.6 Å². The fourth-order valence-electron chi connectivity index (χ4n) is 0.853. The molecular formula is C9H19NO3S. The predicted molar refractivity (Wildman–Crippen MR) is 56.5 cm³/mol. The highest BCUT2D eigenvalue weighted by molar-refractivity contribution is 7.89. The number of ketones is 1. The van der Waals surface area contributed by atoms with E-state index in [4.69, 9.17) is 0 Å². The highest BCUT2D eigenvalue weighted by Crippen LogP contribution is 1.98. The predicted octanol–water partition coefficient (Wildman–Crippen LogP) is 0.931. The topological polar surface area (TPSA) is 63.2 Å². The van der Waals surface area contributed by atoms with Gasteiger partial charge in [-0.3, -0.25) is 4.79 Å². The molecule has 84 valence electrons. The molecule has 0 heterocycles. The van der Waals surface area contributed by atoms with Crippen molar-refractivity contribution in [1.29, 1.82) is 0 Å². The van der Waals surface area contributed by atoms with Gasteiger partial charge in [-0.15, -0.1) is 0 Å². The average molecular weight is 221 g/mol. The van der Waals surface area contributed by atoms with E-state index in [1.807, 2.05) is 13.8 Å². The highest BCUT2D eigenvalue weighted by Gasteiger charge is 2.10. The molecule has 0 aromatic carbocycles. The second-order valence-electron chi connectivity index (χ2n) is 3.85. The number of sulfonamides is 1. The maximum absolute atomic E-state index is 11.3. The van der Waals surface area contributed by atoms with Crippen LogP contribution in [0.2, 0.25) is 0 Å². The van der Waals surface area contributed by atoms with Crippen molar-refractivity contribution in [3.8, 4) is 0 Å². The van der Waals surface area contributed by atoms with Crippen LogP contribution in [0.1, 0.15) is 33.6 Å². The average Bonchev–Trinajstić information content (AvgIpc) is 2.00. The Balaban J connectivity index is 3.79. The Labute approximate surface area is 86.1 Å². The van der Waals surface area contributed by atoms with E-state index in [1.54, 1.807) is 0 Å². The molecule has 0 aromatic rings. The lowest BCUT2D eigenvalue weighted by Crippen LogP contribution is -2.28. The molecule has 0 aliphatic carbocycles. The molecule has 5 heteroatoms. The molecule has 0 saturated heterocycles. The summed E-state index contributed by atoms with van der Waals surface area (Å²) >= 11 is 0. The molecule has 0 rings (SSSR count). The molecule has 0 radical (unpaired) electrons. The van der Waals surface area contributed by atoms with E-state index in [9.17, 15) is 13.2 Å². The van der Waals surface area contributed by atoms with Crippen LogP contribution in [0.4, 0.5) is 0 Å². The fourth-order valence-corrected chi connectivity index (χ4v) is 1.98. The number of carbonyl (C=O) groups is 1. The number of Topliss-reactive ketones (excluding diaryl/α,β-unsaturated/α-hetero) is 1. The highest BCUT2D eigenvalue weighted by atomic mass is 32.2. The Morgan fingerprint density at radius 3 is 2.36 bits per heavy atom. The first-order chi connectivity index (χ1) is 6.33. The zero-order valence-electron chi connectivity index (χ0n) is 9.04. The molecule has 1 N–H and O–H groups in total. The summed E-state index contributed by atoms with van der Waals surface area (Å²) in [5, 5.41) is 0. The molecule has 4 nitrogen and oxygen atoms in total. The summed E-state index contributed by atoms with van der Waals surface area (Å²) in [6.45, 7) is 5.91. The first-order valence-corrected chi connectivity index (χ1v) is 6.45. The minimum absolute atomic E-state index is 0.0943. The summed E-state index contributed by atoms with van der Waals surface area (Å²) in [7, 11) is -3.24. The molecule has 0 unspecified atom stereocenters. The van der Waals surface area contributed by atoms with Gasteiger partial charge >= 0.3 is 0 Å². The first kappa shape index (κ1) is 13.6. The Hall–Kier alpha value is -0.420. The van der Waals surface area contributed by atoms with E-state index >= 15 is 0 Å². The third-order valence-corrected chi connectivity index (χ3v) is 3.15. The van der Waals surface area contributed by atoms with Gasteiger partial charge in [0.15, 0.2) is 0 Å². The molecule has 0 amide bonds. The monoisotopic (exact) mass is 221 g/mol. The molecule has 0 fully saturated rings. The van der Waals surface area contributed by atoms with Gasteiger partial charge in [0.05, 0.1) is 5.75 Å². The Morgan fingerprint density at radius 1 is 1.36 bits per heavy atom. The van der Waals surface area contributed by atoms with Gasteiger partial charge in [-0.1, -0.05) is 13.8 Å². The van der Waals surface area contributed by atoms with Crippen LogP contribution in [0.15, 0.2) is 0 Å². The van der Waals surface area contributed by atoms with Gasteiger partial charge in [0.25, 0.3) is 0 Å². The van der Waals surface area contributed by atoms with E-state index in [-0.39, 0.29) is 18.0 Å². The van der Waals surface area contributed by atoms with E-state index in [1.165, 1.54) is 6.92 Å². The SMILES string of the molecule is CC(=O)CCS(=O)(=O)NCCC(C)C. The number of nitrogens with one attached hydrogen (secondary N) is 1. The lowest BCUT2D eigenvalue weighted by Gasteiger charge is -2.07. The Bertz CT molecular complexity index is 270. The van der Waals surface area contributed by atoms with Crippen molar-refractivity contribution in [2.24, 2.45) is 5.92 Å². The van der Waals surface area contributed by atoms with Crippen molar-refractivity contribution >= 4 is 15.8 Å². The zero-order valence-corrected chi connectivity index (χ0v) is 9.86. The normalized spacial score (nSPS) is 12.0. The van der Waals surface area contributed by atoms with E-state index in [2.05, 4.69) is 4.72 Å². The summed E-state index contributed by atoms with van der Waals surface area (Å²) in [5.74, 6) is 0.283. The molecule has 0 bridgehead atoms. The minimum atomic E-state index is -3.24. The van der Waals surface area contributed by atoms with Gasteiger partial charge in [-0.05, 0) is 19.3 Å². The van der Waals surface area contributed by atoms with Crippen molar-refractivity contribution in [3.63, 3.8) is 0 Å². The smallest absolute Gasteiger partial charge is 0.212 e. The van der Waals surface area contributed by atoms with Crippen LogP contribution in [-0.2, 0) is 14.8 Å².